The quantitative estimate of drug-likeness (QED) is 0.712. The van der Waals surface area contributed by atoms with Crippen LogP contribution in [0.4, 0.5) is 16.2 Å². The van der Waals surface area contributed by atoms with Gasteiger partial charge in [0.25, 0.3) is 5.91 Å². The van der Waals surface area contributed by atoms with Crippen LogP contribution in [0.3, 0.4) is 0 Å². The first-order valence-electron chi connectivity index (χ1n) is 8.81. The molecule has 1 aromatic carbocycles. The molecule has 2 heterocycles. The van der Waals surface area contributed by atoms with E-state index in [9.17, 15) is 14.4 Å². The second-order valence-corrected chi connectivity index (χ2v) is 7.40. The molecule has 0 radical (unpaired) electrons. The molecule has 3 N–H and O–H groups in total. The normalized spacial score (nSPS) is 14.7. The van der Waals surface area contributed by atoms with Gasteiger partial charge in [0.15, 0.2) is 0 Å². The molecular weight excluding hydrogens is 364 g/mol. The number of carbonyl (C=O) groups excluding carboxylic acids is 3. The molecule has 2 aromatic rings. The van der Waals surface area contributed by atoms with E-state index in [0.29, 0.717) is 29.2 Å². The van der Waals surface area contributed by atoms with Crippen LogP contribution in [0.2, 0.25) is 0 Å². The molecule has 1 saturated heterocycles. The predicted molar refractivity (Wildman–Crippen MR) is 106 cm³/mol. The van der Waals surface area contributed by atoms with Crippen LogP contribution in [0.5, 0.6) is 0 Å². The van der Waals surface area contributed by atoms with Gasteiger partial charge in [-0.3, -0.25) is 9.59 Å². The number of benzene rings is 1. The number of anilines is 2. The zero-order valence-electron chi connectivity index (χ0n) is 15.0. The minimum atomic E-state index is -0.351. The average Bonchev–Trinajstić information content (AvgIpc) is 3.27. The monoisotopic (exact) mass is 386 g/mol. The number of urea groups is 1. The van der Waals surface area contributed by atoms with Crippen LogP contribution in [-0.2, 0) is 4.79 Å². The molecule has 142 valence electrons. The lowest BCUT2D eigenvalue weighted by atomic mass is 10.2. The lowest BCUT2D eigenvalue weighted by Crippen LogP contribution is -2.44. The number of thiophene rings is 1. The summed E-state index contributed by atoms with van der Waals surface area (Å²) in [7, 11) is 0. The molecule has 7 nitrogen and oxygen atoms in total. The maximum Gasteiger partial charge on any atom is 0.319 e. The Balaban J connectivity index is 1.51. The Morgan fingerprint density at radius 1 is 1.19 bits per heavy atom. The molecule has 0 unspecified atom stereocenters. The van der Waals surface area contributed by atoms with Crippen molar-refractivity contribution < 1.29 is 14.4 Å². The molecule has 1 aliphatic heterocycles. The van der Waals surface area contributed by atoms with Gasteiger partial charge in [0.1, 0.15) is 0 Å². The fourth-order valence-corrected chi connectivity index (χ4v) is 3.56. The first-order chi connectivity index (χ1) is 13.0. The van der Waals surface area contributed by atoms with Crippen LogP contribution < -0.4 is 16.0 Å². The second-order valence-electron chi connectivity index (χ2n) is 6.46. The van der Waals surface area contributed by atoms with Crippen molar-refractivity contribution in [2.24, 2.45) is 0 Å². The van der Waals surface area contributed by atoms with E-state index in [1.807, 2.05) is 18.4 Å². The fraction of sp³-hybridized carbons (Fsp3) is 0.316. The summed E-state index contributed by atoms with van der Waals surface area (Å²) >= 11 is 1.37. The lowest BCUT2D eigenvalue weighted by Gasteiger charge is -2.21. The largest absolute Gasteiger partial charge is 0.341 e. The van der Waals surface area contributed by atoms with E-state index in [4.69, 9.17) is 0 Å². The summed E-state index contributed by atoms with van der Waals surface area (Å²) < 4.78 is 0. The van der Waals surface area contributed by atoms with Gasteiger partial charge in [-0.1, -0.05) is 12.1 Å². The van der Waals surface area contributed by atoms with E-state index in [1.54, 1.807) is 35.2 Å². The van der Waals surface area contributed by atoms with E-state index in [0.717, 1.165) is 13.0 Å². The SMILES string of the molecule is C[C@H](CN1CCCC1=O)NC(=O)Nc1cccc(NC(=O)c2cccs2)c1. The number of nitrogens with zero attached hydrogens (tertiary/aromatic N) is 1. The van der Waals surface area contributed by atoms with Crippen molar-refractivity contribution in [2.45, 2.75) is 25.8 Å². The molecule has 1 fully saturated rings. The van der Waals surface area contributed by atoms with Gasteiger partial charge in [-0.05, 0) is 43.0 Å². The zero-order valence-corrected chi connectivity index (χ0v) is 15.8. The lowest BCUT2D eigenvalue weighted by molar-refractivity contribution is -0.127. The zero-order chi connectivity index (χ0) is 19.2. The number of carbonyl (C=O) groups is 3. The van der Waals surface area contributed by atoms with Gasteiger partial charge in [0, 0.05) is 36.9 Å². The number of amides is 4. The van der Waals surface area contributed by atoms with Crippen molar-refractivity contribution in [3.05, 3.63) is 46.7 Å². The summed E-state index contributed by atoms with van der Waals surface area (Å²) in [6.07, 6.45) is 1.46. The highest BCUT2D eigenvalue weighted by molar-refractivity contribution is 7.12. The summed E-state index contributed by atoms with van der Waals surface area (Å²) in [5, 5.41) is 10.2. The van der Waals surface area contributed by atoms with Gasteiger partial charge < -0.3 is 20.9 Å². The van der Waals surface area contributed by atoms with Crippen molar-refractivity contribution in [3.63, 3.8) is 0 Å². The molecule has 4 amide bonds. The summed E-state index contributed by atoms with van der Waals surface area (Å²) in [4.78, 5) is 38.4. The van der Waals surface area contributed by atoms with Gasteiger partial charge in [-0.25, -0.2) is 4.79 Å². The third-order valence-electron chi connectivity index (χ3n) is 4.17. The maximum absolute atomic E-state index is 12.2. The third-order valence-corrected chi connectivity index (χ3v) is 5.04. The Kier molecular flexibility index (Phi) is 6.08. The number of rotatable bonds is 6. The molecule has 1 atom stereocenters. The number of nitrogens with one attached hydrogen (secondary N) is 3. The molecule has 1 aliphatic rings. The first-order valence-corrected chi connectivity index (χ1v) is 9.69. The van der Waals surface area contributed by atoms with Gasteiger partial charge in [-0.2, -0.15) is 0 Å². The van der Waals surface area contributed by atoms with Crippen LogP contribution in [0.15, 0.2) is 41.8 Å². The average molecular weight is 386 g/mol. The van der Waals surface area contributed by atoms with Crippen molar-refractivity contribution in [2.75, 3.05) is 23.7 Å². The number of likely N-dealkylation sites (tertiary alicyclic amines) is 1. The van der Waals surface area contributed by atoms with Crippen molar-refractivity contribution >= 4 is 40.6 Å². The standard InChI is InChI=1S/C19H22N4O3S/c1-13(12-23-9-3-8-17(23)24)20-19(26)22-15-6-2-5-14(11-15)21-18(25)16-7-4-10-27-16/h2,4-7,10-11,13H,3,8-9,12H2,1H3,(H,21,25)(H2,20,22,26)/t13-/m1/s1. The molecule has 0 saturated carbocycles. The van der Waals surface area contributed by atoms with E-state index in [-0.39, 0.29) is 23.9 Å². The van der Waals surface area contributed by atoms with Gasteiger partial charge in [0.05, 0.1) is 4.88 Å². The Bertz CT molecular complexity index is 822. The minimum absolute atomic E-state index is 0.137. The van der Waals surface area contributed by atoms with E-state index in [2.05, 4.69) is 16.0 Å². The summed E-state index contributed by atoms with van der Waals surface area (Å²) in [6, 6.07) is 10.0. The highest BCUT2D eigenvalue weighted by atomic mass is 32.1. The summed E-state index contributed by atoms with van der Waals surface area (Å²) in [6.45, 7) is 3.12. The molecule has 0 aliphatic carbocycles. The second kappa shape index (κ2) is 8.68. The number of hydrogen-bond donors (Lipinski definition) is 3. The van der Waals surface area contributed by atoms with Gasteiger partial charge >= 0.3 is 6.03 Å². The van der Waals surface area contributed by atoms with Crippen molar-refractivity contribution in [1.82, 2.24) is 10.2 Å². The molecule has 0 spiro atoms. The van der Waals surface area contributed by atoms with E-state index in [1.165, 1.54) is 11.3 Å². The van der Waals surface area contributed by atoms with Crippen LogP contribution >= 0.6 is 11.3 Å². The highest BCUT2D eigenvalue weighted by Crippen LogP contribution is 2.17. The Labute approximate surface area is 161 Å². The van der Waals surface area contributed by atoms with Crippen molar-refractivity contribution in [1.29, 1.82) is 0 Å². The van der Waals surface area contributed by atoms with Crippen LogP contribution in [0.25, 0.3) is 0 Å². The topological polar surface area (TPSA) is 90.5 Å². The van der Waals surface area contributed by atoms with Gasteiger partial charge in [0.2, 0.25) is 5.91 Å². The van der Waals surface area contributed by atoms with Crippen LogP contribution in [0.1, 0.15) is 29.4 Å². The Hall–Kier alpha value is -2.87. The van der Waals surface area contributed by atoms with Crippen molar-refractivity contribution in [3.8, 4) is 0 Å². The number of hydrogen-bond acceptors (Lipinski definition) is 4. The molecular formula is C19H22N4O3S. The first kappa shape index (κ1) is 18.9. The smallest absolute Gasteiger partial charge is 0.319 e. The molecule has 1 aromatic heterocycles. The van der Waals surface area contributed by atoms with Crippen LogP contribution in [0, 0.1) is 0 Å². The highest BCUT2D eigenvalue weighted by Gasteiger charge is 2.22. The van der Waals surface area contributed by atoms with Gasteiger partial charge in [-0.15, -0.1) is 11.3 Å². The summed E-state index contributed by atoms with van der Waals surface area (Å²) in [5.41, 5.74) is 1.17. The van der Waals surface area contributed by atoms with E-state index < -0.39 is 0 Å². The Morgan fingerprint density at radius 3 is 2.63 bits per heavy atom. The molecule has 0 bridgehead atoms. The maximum atomic E-state index is 12.2. The molecule has 8 heteroatoms. The Morgan fingerprint density at radius 2 is 1.96 bits per heavy atom. The predicted octanol–water partition coefficient (Wildman–Crippen LogP) is 3.13. The summed E-state index contributed by atoms with van der Waals surface area (Å²) in [5.74, 6) is -0.0475. The molecule has 27 heavy (non-hydrogen) atoms. The van der Waals surface area contributed by atoms with Crippen LogP contribution in [-0.4, -0.2) is 41.9 Å². The molecule has 3 rings (SSSR count). The van der Waals surface area contributed by atoms with E-state index >= 15 is 0 Å². The fourth-order valence-electron chi connectivity index (χ4n) is 2.94. The minimum Gasteiger partial charge on any atom is -0.341 e. The third kappa shape index (κ3) is 5.30.